The largest absolute Gasteiger partial charge is 0.465 e. The first-order valence-electron chi connectivity index (χ1n) is 31.8. The van der Waals surface area contributed by atoms with Crippen LogP contribution in [0.15, 0.2) is 0 Å². The van der Waals surface area contributed by atoms with E-state index in [0.717, 1.165) is 135 Å². The summed E-state index contributed by atoms with van der Waals surface area (Å²) in [5.74, 6) is 0.157. The number of carbonyl (C=O) groups is 2. The van der Waals surface area contributed by atoms with Gasteiger partial charge in [-0.05, 0) is 70.9 Å². The van der Waals surface area contributed by atoms with Gasteiger partial charge in [0.2, 0.25) is 0 Å². The van der Waals surface area contributed by atoms with Crippen LogP contribution in [0, 0.1) is 11.8 Å². The molecule has 7 heteroatoms. The zero-order valence-corrected chi connectivity index (χ0v) is 48.1. The SMILES string of the molecule is CCCCCCCCCCCCCCCC(O)C(CO)N(CCCCCCOC(=O)C(CCCCCC)CCCCCCCC)CCCCCCOC(=O)C(CCCCCC)CCCCCCCCC. The van der Waals surface area contributed by atoms with Crippen molar-refractivity contribution in [1.82, 2.24) is 4.90 Å². The molecule has 0 heterocycles. The number of unbranched alkanes of at least 4 members (excludes halogenated alkanes) is 35. The van der Waals surface area contributed by atoms with Crippen molar-refractivity contribution in [2.45, 2.75) is 349 Å². The molecule has 0 radical (unpaired) electrons. The number of aliphatic hydroxyl groups is 2. The standard InChI is InChI=1S/C63H125NO6/c1-6-11-16-21-24-25-26-27-28-29-31-34-43-52-61(66)60(57-65)64(53-44-35-37-46-55-69-62(67)58(48-39-19-14-9-4)50-41-32-23-18-13-8-3)54-45-36-38-47-56-70-63(68)59(49-40-20-15-10-5)51-42-33-30-22-17-12-7-2/h58-61,65-66H,6-57H2,1-5H3. The zero-order valence-electron chi connectivity index (χ0n) is 48.1. The molecule has 0 saturated carbocycles. The summed E-state index contributed by atoms with van der Waals surface area (Å²) in [6.45, 7) is 14.0. The van der Waals surface area contributed by atoms with Crippen LogP contribution in [0.2, 0.25) is 0 Å². The van der Waals surface area contributed by atoms with E-state index in [1.165, 1.54) is 180 Å². The fourth-order valence-electron chi connectivity index (χ4n) is 10.5. The molecule has 0 fully saturated rings. The normalized spacial score (nSPS) is 13.5. The molecule has 418 valence electrons. The maximum atomic E-state index is 13.2. The number of esters is 2. The van der Waals surface area contributed by atoms with Crippen molar-refractivity contribution < 1.29 is 29.3 Å². The Morgan fingerprint density at radius 2 is 0.586 bits per heavy atom. The van der Waals surface area contributed by atoms with Crippen molar-refractivity contribution in [3.8, 4) is 0 Å². The van der Waals surface area contributed by atoms with Crippen LogP contribution in [0.4, 0.5) is 0 Å². The second kappa shape index (κ2) is 55.6. The van der Waals surface area contributed by atoms with E-state index >= 15 is 0 Å². The Kier molecular flexibility index (Phi) is 54.6. The summed E-state index contributed by atoms with van der Waals surface area (Å²) in [5.41, 5.74) is 0. The number of ether oxygens (including phenoxy) is 2. The third-order valence-electron chi connectivity index (χ3n) is 15.4. The van der Waals surface area contributed by atoms with Gasteiger partial charge in [-0.25, -0.2) is 0 Å². The van der Waals surface area contributed by atoms with Gasteiger partial charge >= 0.3 is 11.9 Å². The summed E-state index contributed by atoms with van der Waals surface area (Å²) in [6.07, 6.45) is 55.0. The van der Waals surface area contributed by atoms with E-state index in [2.05, 4.69) is 39.5 Å². The molecule has 4 atom stereocenters. The minimum absolute atomic E-state index is 0.0255. The molecule has 0 bridgehead atoms. The highest BCUT2D eigenvalue weighted by atomic mass is 16.5. The lowest BCUT2D eigenvalue weighted by Crippen LogP contribution is -2.47. The molecule has 0 aromatic rings. The van der Waals surface area contributed by atoms with Crippen molar-refractivity contribution >= 4 is 11.9 Å². The number of carbonyl (C=O) groups excluding carboxylic acids is 2. The van der Waals surface area contributed by atoms with Crippen LogP contribution in [0.25, 0.3) is 0 Å². The molecule has 4 unspecified atom stereocenters. The monoisotopic (exact) mass is 992 g/mol. The smallest absolute Gasteiger partial charge is 0.308 e. The molecule has 0 aromatic carbocycles. The number of hydrogen-bond donors (Lipinski definition) is 2. The highest BCUT2D eigenvalue weighted by Gasteiger charge is 2.25. The van der Waals surface area contributed by atoms with Gasteiger partial charge in [0.05, 0.1) is 43.8 Å². The fraction of sp³-hybridized carbons (Fsp3) is 0.968. The van der Waals surface area contributed by atoms with Crippen molar-refractivity contribution in [1.29, 1.82) is 0 Å². The van der Waals surface area contributed by atoms with Crippen molar-refractivity contribution in [3.63, 3.8) is 0 Å². The molecule has 0 aromatic heterocycles. The second-order valence-electron chi connectivity index (χ2n) is 22.1. The maximum Gasteiger partial charge on any atom is 0.308 e. The van der Waals surface area contributed by atoms with Gasteiger partial charge in [-0.2, -0.15) is 0 Å². The fourth-order valence-corrected chi connectivity index (χ4v) is 10.5. The Balaban J connectivity index is 5.05. The Morgan fingerprint density at radius 1 is 0.343 bits per heavy atom. The Morgan fingerprint density at radius 3 is 0.886 bits per heavy atom. The van der Waals surface area contributed by atoms with Crippen LogP contribution >= 0.6 is 0 Å². The molecule has 0 amide bonds. The lowest BCUT2D eigenvalue weighted by atomic mass is 9.94. The molecule has 0 aliphatic heterocycles. The van der Waals surface area contributed by atoms with Crippen LogP contribution in [0.1, 0.15) is 336 Å². The van der Waals surface area contributed by atoms with Crippen LogP contribution in [0.3, 0.4) is 0 Å². The number of aliphatic hydroxyl groups excluding tert-OH is 2. The highest BCUT2D eigenvalue weighted by molar-refractivity contribution is 5.72. The highest BCUT2D eigenvalue weighted by Crippen LogP contribution is 2.24. The summed E-state index contributed by atoms with van der Waals surface area (Å²) in [6, 6.07) is -0.245. The summed E-state index contributed by atoms with van der Waals surface area (Å²) < 4.78 is 11.8. The molecule has 0 spiro atoms. The van der Waals surface area contributed by atoms with Crippen LogP contribution < -0.4 is 0 Å². The van der Waals surface area contributed by atoms with Crippen molar-refractivity contribution in [2.75, 3.05) is 32.9 Å². The minimum Gasteiger partial charge on any atom is -0.465 e. The van der Waals surface area contributed by atoms with E-state index in [-0.39, 0.29) is 36.4 Å². The average molecular weight is 993 g/mol. The maximum absolute atomic E-state index is 13.2. The van der Waals surface area contributed by atoms with Crippen LogP contribution in [-0.4, -0.2) is 72.1 Å². The van der Waals surface area contributed by atoms with E-state index in [9.17, 15) is 19.8 Å². The Labute approximate surface area is 437 Å². The average Bonchev–Trinajstić information content (AvgIpc) is 3.36. The molecule has 70 heavy (non-hydrogen) atoms. The van der Waals surface area contributed by atoms with Gasteiger partial charge in [0.25, 0.3) is 0 Å². The van der Waals surface area contributed by atoms with Gasteiger partial charge < -0.3 is 19.7 Å². The summed E-state index contributed by atoms with van der Waals surface area (Å²) in [5, 5.41) is 22.2. The van der Waals surface area contributed by atoms with E-state index in [1.54, 1.807) is 0 Å². The lowest BCUT2D eigenvalue weighted by molar-refractivity contribution is -0.150. The summed E-state index contributed by atoms with van der Waals surface area (Å²) in [7, 11) is 0. The second-order valence-corrected chi connectivity index (χ2v) is 22.1. The first-order chi connectivity index (χ1) is 34.4. The molecule has 0 saturated heterocycles. The Hall–Kier alpha value is -1.18. The van der Waals surface area contributed by atoms with E-state index < -0.39 is 6.10 Å². The Bertz CT molecular complexity index is 1060. The molecule has 7 nitrogen and oxygen atoms in total. The predicted molar refractivity (Wildman–Crippen MR) is 303 cm³/mol. The number of nitrogens with zero attached hydrogens (tertiary/aromatic N) is 1. The zero-order chi connectivity index (χ0) is 51.2. The van der Waals surface area contributed by atoms with Gasteiger partial charge in [-0.15, -0.1) is 0 Å². The topological polar surface area (TPSA) is 96.3 Å². The van der Waals surface area contributed by atoms with Gasteiger partial charge in [0.15, 0.2) is 0 Å². The third-order valence-corrected chi connectivity index (χ3v) is 15.4. The van der Waals surface area contributed by atoms with Gasteiger partial charge in [0, 0.05) is 0 Å². The summed E-state index contributed by atoms with van der Waals surface area (Å²) in [4.78, 5) is 28.8. The number of rotatable bonds is 58. The van der Waals surface area contributed by atoms with Crippen LogP contribution in [-0.2, 0) is 19.1 Å². The quantitative estimate of drug-likeness (QED) is 0.0463. The minimum atomic E-state index is -0.529. The van der Waals surface area contributed by atoms with Crippen molar-refractivity contribution in [2.24, 2.45) is 11.8 Å². The number of hydrogen-bond acceptors (Lipinski definition) is 7. The van der Waals surface area contributed by atoms with Crippen LogP contribution in [0.5, 0.6) is 0 Å². The van der Waals surface area contributed by atoms with E-state index in [0.29, 0.717) is 13.2 Å². The molecule has 0 rings (SSSR count). The molecule has 0 aliphatic rings. The lowest BCUT2D eigenvalue weighted by Gasteiger charge is -2.34. The van der Waals surface area contributed by atoms with Crippen molar-refractivity contribution in [3.05, 3.63) is 0 Å². The first kappa shape index (κ1) is 68.8. The third kappa shape index (κ3) is 44.3. The first-order valence-corrected chi connectivity index (χ1v) is 31.8. The molecular formula is C63H125NO6. The van der Waals surface area contributed by atoms with E-state index in [4.69, 9.17) is 9.47 Å². The molecule has 0 aliphatic carbocycles. The van der Waals surface area contributed by atoms with Gasteiger partial charge in [0.1, 0.15) is 0 Å². The summed E-state index contributed by atoms with van der Waals surface area (Å²) >= 11 is 0. The predicted octanol–water partition coefficient (Wildman–Crippen LogP) is 18.8. The molecule has 2 N–H and O–H groups in total. The van der Waals surface area contributed by atoms with Gasteiger partial charge in [-0.1, -0.05) is 279 Å². The molecular weight excluding hydrogens is 867 g/mol. The van der Waals surface area contributed by atoms with Gasteiger partial charge in [-0.3, -0.25) is 14.5 Å². The van der Waals surface area contributed by atoms with E-state index in [1.807, 2.05) is 0 Å².